The van der Waals surface area contributed by atoms with Crippen molar-refractivity contribution in [3.05, 3.63) is 0 Å². The van der Waals surface area contributed by atoms with Gasteiger partial charge in [0.25, 0.3) is 0 Å². The van der Waals surface area contributed by atoms with Crippen LogP contribution in [0.1, 0.15) is 68.2 Å². The normalized spacial score (nSPS) is 29.5. The molecule has 0 aliphatic carbocycles. The second-order valence-electron chi connectivity index (χ2n) is 14.7. The van der Waals surface area contributed by atoms with Crippen molar-refractivity contribution in [3.8, 4) is 0 Å². The largest absolute Gasteiger partial charge is 0.462 e. The summed E-state index contributed by atoms with van der Waals surface area (Å²) in [4.78, 5) is 40.4. The number of esters is 3. The Morgan fingerprint density at radius 3 is 1.86 bits per heavy atom. The maximum Gasteiger partial charge on any atom is 0.318 e. The van der Waals surface area contributed by atoms with Crippen molar-refractivity contribution in [2.75, 3.05) is 6.61 Å². The lowest BCUT2D eigenvalue weighted by Gasteiger charge is -2.61. The highest BCUT2D eigenvalue weighted by Gasteiger charge is 2.65. The van der Waals surface area contributed by atoms with Crippen molar-refractivity contribution in [1.29, 1.82) is 0 Å². The number of hydrogen-bond acceptors (Lipinski definition) is 6. The molecule has 208 valence electrons. The highest BCUT2D eigenvalue weighted by molar-refractivity contribution is 6.81. The number of hydrogen-bond donors (Lipinski definition) is 0. The van der Waals surface area contributed by atoms with Crippen LogP contribution in [-0.2, 0) is 28.6 Å². The molecule has 2 rings (SSSR count). The zero-order valence-corrected chi connectivity index (χ0v) is 27.4. The van der Waals surface area contributed by atoms with Crippen molar-refractivity contribution < 1.29 is 28.6 Å². The Morgan fingerprint density at radius 1 is 0.944 bits per heavy atom. The first-order valence-electron chi connectivity index (χ1n) is 13.6. The first-order valence-corrected chi connectivity index (χ1v) is 20.6. The van der Waals surface area contributed by atoms with E-state index >= 15 is 0 Å². The van der Waals surface area contributed by atoms with E-state index in [0.29, 0.717) is 19.4 Å². The summed E-state index contributed by atoms with van der Waals surface area (Å²) in [5.74, 6) is -3.27. The van der Waals surface area contributed by atoms with Gasteiger partial charge in [0.1, 0.15) is 5.22 Å². The summed E-state index contributed by atoms with van der Waals surface area (Å²) in [6.45, 7) is 31.2. The summed E-state index contributed by atoms with van der Waals surface area (Å²) in [7, 11) is -3.83. The van der Waals surface area contributed by atoms with Crippen LogP contribution in [0, 0.1) is 28.6 Å². The van der Waals surface area contributed by atoms with Crippen LogP contribution >= 0.6 is 0 Å². The lowest BCUT2D eigenvalue weighted by atomic mass is 9.65. The fourth-order valence-corrected chi connectivity index (χ4v) is 11.2. The SMILES string of the molecule is CCC(C)(C(=O)OC(C)(C(C)(C)C(C)(C)[Si](C)(C)C)[Si](C)(C)C)C1C(=O)OC(=O)C1C1CCOC1C. The maximum absolute atomic E-state index is 14.3. The molecule has 2 aliphatic heterocycles. The molecule has 6 nitrogen and oxygen atoms in total. The van der Waals surface area contributed by atoms with Gasteiger partial charge < -0.3 is 14.2 Å². The predicted molar refractivity (Wildman–Crippen MR) is 149 cm³/mol. The van der Waals surface area contributed by atoms with Crippen LogP contribution in [0.5, 0.6) is 0 Å². The van der Waals surface area contributed by atoms with Gasteiger partial charge in [-0.1, -0.05) is 73.9 Å². The first-order chi connectivity index (χ1) is 16.0. The van der Waals surface area contributed by atoms with Gasteiger partial charge in [-0.05, 0) is 38.7 Å². The van der Waals surface area contributed by atoms with Crippen molar-refractivity contribution in [2.24, 2.45) is 28.6 Å². The molecule has 0 saturated carbocycles. The molecule has 6 unspecified atom stereocenters. The van der Waals surface area contributed by atoms with Crippen molar-refractivity contribution in [2.45, 2.75) is 124 Å². The zero-order valence-electron chi connectivity index (χ0n) is 25.4. The molecule has 0 aromatic rings. The van der Waals surface area contributed by atoms with Crippen molar-refractivity contribution in [1.82, 2.24) is 0 Å². The summed E-state index contributed by atoms with van der Waals surface area (Å²) in [6.07, 6.45) is 0.873. The van der Waals surface area contributed by atoms with Crippen LogP contribution in [0.3, 0.4) is 0 Å². The molecule has 0 bridgehead atoms. The lowest BCUT2D eigenvalue weighted by Crippen LogP contribution is -2.68. The number of carbonyl (C=O) groups is 3. The standard InChI is InChI=1S/C28H52O6Si2/c1-15-27(7,21-20(22(29)33-23(21)30)19-16-17-32-18(19)2)24(31)34-28(8,36(12,13)14)25(3,4)26(5,6)35(9,10)11/h18-21H,15-17H2,1-14H3. The van der Waals surface area contributed by atoms with E-state index < -0.39 is 56.5 Å². The molecule has 0 spiro atoms. The number of cyclic esters (lactones) is 2. The molecule has 8 heteroatoms. The van der Waals surface area contributed by atoms with E-state index in [1.54, 1.807) is 6.92 Å². The van der Waals surface area contributed by atoms with Gasteiger partial charge in [0.2, 0.25) is 0 Å². The second-order valence-corrected chi connectivity index (χ2v) is 25.9. The predicted octanol–water partition coefficient (Wildman–Crippen LogP) is 6.47. The van der Waals surface area contributed by atoms with Gasteiger partial charge >= 0.3 is 17.9 Å². The molecule has 0 N–H and O–H groups in total. The maximum atomic E-state index is 14.3. The summed E-state index contributed by atoms with van der Waals surface area (Å²) in [6, 6.07) is 0. The number of ether oxygens (including phenoxy) is 3. The van der Waals surface area contributed by atoms with E-state index in [-0.39, 0.29) is 22.5 Å². The van der Waals surface area contributed by atoms with E-state index in [9.17, 15) is 14.4 Å². The molecule has 0 aromatic carbocycles. The van der Waals surface area contributed by atoms with E-state index in [4.69, 9.17) is 14.2 Å². The minimum atomic E-state index is -2.14. The molecule has 2 aliphatic rings. The minimum absolute atomic E-state index is 0.0562. The Morgan fingerprint density at radius 2 is 1.47 bits per heavy atom. The average Bonchev–Trinajstić information content (AvgIpc) is 3.26. The van der Waals surface area contributed by atoms with E-state index in [0.717, 1.165) is 0 Å². The van der Waals surface area contributed by atoms with Gasteiger partial charge in [-0.2, -0.15) is 0 Å². The van der Waals surface area contributed by atoms with Crippen LogP contribution in [-0.4, -0.2) is 52.0 Å². The molecular formula is C28H52O6Si2. The Balaban J connectivity index is 2.59. The van der Waals surface area contributed by atoms with Crippen LogP contribution in [0.2, 0.25) is 44.3 Å². The van der Waals surface area contributed by atoms with Crippen LogP contribution < -0.4 is 0 Å². The molecule has 0 aromatic heterocycles. The molecule has 0 radical (unpaired) electrons. The van der Waals surface area contributed by atoms with Gasteiger partial charge in [0.15, 0.2) is 0 Å². The van der Waals surface area contributed by atoms with E-state index in [1.165, 1.54) is 0 Å². The fraction of sp³-hybridized carbons (Fsp3) is 0.893. The topological polar surface area (TPSA) is 78.9 Å². The summed E-state index contributed by atoms with van der Waals surface area (Å²) in [5.41, 5.74) is -1.52. The Labute approximate surface area is 221 Å². The van der Waals surface area contributed by atoms with E-state index in [2.05, 4.69) is 73.9 Å². The summed E-state index contributed by atoms with van der Waals surface area (Å²) >= 11 is 0. The minimum Gasteiger partial charge on any atom is -0.462 e. The Hall–Kier alpha value is -0.996. The molecule has 6 atom stereocenters. The quantitative estimate of drug-likeness (QED) is 0.189. The third-order valence-electron chi connectivity index (χ3n) is 11.2. The number of rotatable bonds is 9. The van der Waals surface area contributed by atoms with Crippen LogP contribution in [0.25, 0.3) is 0 Å². The van der Waals surface area contributed by atoms with Gasteiger partial charge in [0.05, 0.1) is 39.5 Å². The van der Waals surface area contributed by atoms with Gasteiger partial charge in [-0.25, -0.2) is 0 Å². The Kier molecular flexibility index (Phi) is 8.36. The smallest absolute Gasteiger partial charge is 0.318 e. The highest BCUT2D eigenvalue weighted by atomic mass is 28.3. The molecular weight excluding hydrogens is 488 g/mol. The zero-order chi connectivity index (χ0) is 28.3. The first kappa shape index (κ1) is 31.2. The van der Waals surface area contributed by atoms with Crippen LogP contribution in [0.15, 0.2) is 0 Å². The van der Waals surface area contributed by atoms with Crippen molar-refractivity contribution in [3.63, 3.8) is 0 Å². The fourth-order valence-electron chi connectivity index (χ4n) is 6.36. The van der Waals surface area contributed by atoms with E-state index in [1.807, 2.05) is 13.8 Å². The molecule has 2 saturated heterocycles. The number of carbonyl (C=O) groups excluding carboxylic acids is 3. The monoisotopic (exact) mass is 540 g/mol. The molecule has 36 heavy (non-hydrogen) atoms. The third-order valence-corrected chi connectivity index (χ3v) is 19.2. The third kappa shape index (κ3) is 4.68. The molecule has 0 amide bonds. The van der Waals surface area contributed by atoms with Crippen molar-refractivity contribution >= 4 is 34.1 Å². The van der Waals surface area contributed by atoms with Gasteiger partial charge in [-0.15, -0.1) is 0 Å². The molecule has 2 fully saturated rings. The van der Waals surface area contributed by atoms with Gasteiger partial charge in [0, 0.05) is 17.9 Å². The van der Waals surface area contributed by atoms with Crippen LogP contribution in [0.4, 0.5) is 0 Å². The highest BCUT2D eigenvalue weighted by Crippen LogP contribution is 2.61. The molecule has 2 heterocycles. The summed E-state index contributed by atoms with van der Waals surface area (Å²) in [5, 5.41) is -0.775. The van der Waals surface area contributed by atoms with Gasteiger partial charge in [-0.3, -0.25) is 14.4 Å². The lowest BCUT2D eigenvalue weighted by molar-refractivity contribution is -0.181. The average molecular weight is 541 g/mol. The summed E-state index contributed by atoms with van der Waals surface area (Å²) < 4.78 is 17.6. The Bertz CT molecular complexity index is 883. The second kappa shape index (κ2) is 9.63.